The van der Waals surface area contributed by atoms with Crippen LogP contribution in [-0.2, 0) is 29.3 Å². The van der Waals surface area contributed by atoms with Crippen molar-refractivity contribution in [1.82, 2.24) is 14.9 Å². The molecule has 0 atom stereocenters. The Morgan fingerprint density at radius 1 is 1.00 bits per heavy atom. The first kappa shape index (κ1) is 17.8. The zero-order chi connectivity index (χ0) is 18.9. The van der Waals surface area contributed by atoms with Crippen LogP contribution < -0.4 is 0 Å². The van der Waals surface area contributed by atoms with Crippen LogP contribution in [0.1, 0.15) is 16.8 Å². The Hall–Kier alpha value is -2.57. The van der Waals surface area contributed by atoms with Gasteiger partial charge in [0.15, 0.2) is 9.84 Å². The summed E-state index contributed by atoms with van der Waals surface area (Å²) in [7, 11) is -3.20. The molecule has 6 heteroatoms. The molecule has 0 unspecified atom stereocenters. The van der Waals surface area contributed by atoms with E-state index in [1.165, 1.54) is 11.8 Å². The lowest BCUT2D eigenvalue weighted by molar-refractivity contribution is 0.243. The third-order valence-electron chi connectivity index (χ3n) is 4.89. The number of hydrogen-bond acceptors (Lipinski definition) is 5. The number of hydrogen-bond donors (Lipinski definition) is 0. The predicted octanol–water partition coefficient (Wildman–Crippen LogP) is 3.11. The van der Waals surface area contributed by atoms with Gasteiger partial charge in [0.05, 0.1) is 16.3 Å². The maximum Gasteiger partial charge on any atom is 0.175 e. The lowest BCUT2D eigenvalue weighted by Gasteiger charge is -2.29. The second-order valence-electron chi connectivity index (χ2n) is 6.89. The van der Waals surface area contributed by atoms with E-state index in [1.807, 2.05) is 18.2 Å². The molecule has 0 saturated heterocycles. The molecule has 0 saturated carbocycles. The molecule has 1 aliphatic rings. The van der Waals surface area contributed by atoms with Gasteiger partial charge in [0.1, 0.15) is 6.33 Å². The number of sulfone groups is 1. The molecule has 2 heterocycles. The quantitative estimate of drug-likeness (QED) is 0.697. The van der Waals surface area contributed by atoms with Crippen molar-refractivity contribution in [3.63, 3.8) is 0 Å². The number of benzene rings is 2. The van der Waals surface area contributed by atoms with Gasteiger partial charge in [-0.3, -0.25) is 4.90 Å². The van der Waals surface area contributed by atoms with Crippen molar-refractivity contribution in [2.75, 3.05) is 12.8 Å². The van der Waals surface area contributed by atoms with Gasteiger partial charge in [0.25, 0.3) is 0 Å². The lowest BCUT2D eigenvalue weighted by atomic mass is 9.99. The summed E-state index contributed by atoms with van der Waals surface area (Å²) in [6.07, 6.45) is 3.71. The van der Waals surface area contributed by atoms with E-state index < -0.39 is 9.84 Å². The van der Waals surface area contributed by atoms with Crippen LogP contribution in [0.4, 0.5) is 0 Å². The first-order chi connectivity index (χ1) is 13.0. The largest absolute Gasteiger partial charge is 0.294 e. The van der Waals surface area contributed by atoms with Crippen LogP contribution in [0.5, 0.6) is 0 Å². The zero-order valence-electron chi connectivity index (χ0n) is 15.2. The molecule has 138 valence electrons. The minimum Gasteiger partial charge on any atom is -0.294 e. The van der Waals surface area contributed by atoms with Gasteiger partial charge < -0.3 is 0 Å². The van der Waals surface area contributed by atoms with E-state index >= 15 is 0 Å². The van der Waals surface area contributed by atoms with E-state index in [2.05, 4.69) is 39.1 Å². The lowest BCUT2D eigenvalue weighted by Crippen LogP contribution is -2.31. The summed E-state index contributed by atoms with van der Waals surface area (Å²) in [5.41, 5.74) is 5.31. The van der Waals surface area contributed by atoms with Gasteiger partial charge in [-0.15, -0.1) is 0 Å². The fraction of sp³-hybridized carbons (Fsp3) is 0.238. The van der Waals surface area contributed by atoms with Crippen LogP contribution in [0.15, 0.2) is 65.8 Å². The minimum atomic E-state index is -3.20. The topological polar surface area (TPSA) is 63.2 Å². The fourth-order valence-electron chi connectivity index (χ4n) is 3.48. The van der Waals surface area contributed by atoms with E-state index in [4.69, 9.17) is 0 Å². The summed E-state index contributed by atoms with van der Waals surface area (Å²) in [5, 5.41) is 0. The Morgan fingerprint density at radius 3 is 2.44 bits per heavy atom. The van der Waals surface area contributed by atoms with Crippen LogP contribution in [-0.4, -0.2) is 36.1 Å². The average molecular weight is 379 g/mol. The van der Waals surface area contributed by atoms with Gasteiger partial charge in [-0.2, -0.15) is 0 Å². The van der Waals surface area contributed by atoms with Crippen molar-refractivity contribution in [2.45, 2.75) is 24.4 Å². The maximum atomic E-state index is 11.7. The first-order valence-electron chi connectivity index (χ1n) is 8.90. The molecule has 2 aromatic carbocycles. The van der Waals surface area contributed by atoms with Crippen molar-refractivity contribution in [1.29, 1.82) is 0 Å². The molecule has 0 N–H and O–H groups in total. The summed E-state index contributed by atoms with van der Waals surface area (Å²) in [5.74, 6) is 0. The molecule has 0 radical (unpaired) electrons. The summed E-state index contributed by atoms with van der Waals surface area (Å²) in [6.45, 7) is 2.64. The molecule has 1 aliphatic heterocycles. The highest BCUT2D eigenvalue weighted by Gasteiger charge is 2.22. The first-order valence-corrected chi connectivity index (χ1v) is 10.8. The Labute approximate surface area is 159 Å². The SMILES string of the molecule is CS(=O)(=O)c1ccc(-c2ncnc3c2CN(Cc2ccccc2)CC3)cc1. The molecule has 0 amide bonds. The minimum absolute atomic E-state index is 0.319. The number of fused-ring (bicyclic) bond motifs is 1. The van der Waals surface area contributed by atoms with Crippen LogP contribution in [0.25, 0.3) is 11.3 Å². The predicted molar refractivity (Wildman–Crippen MR) is 105 cm³/mol. The Kier molecular flexibility index (Phi) is 4.76. The van der Waals surface area contributed by atoms with Gasteiger partial charge in [0.2, 0.25) is 0 Å². The third-order valence-corrected chi connectivity index (χ3v) is 6.01. The molecule has 0 spiro atoms. The van der Waals surface area contributed by atoms with Gasteiger partial charge in [-0.25, -0.2) is 18.4 Å². The molecule has 5 nitrogen and oxygen atoms in total. The molecule has 0 bridgehead atoms. The highest BCUT2D eigenvalue weighted by atomic mass is 32.2. The summed E-state index contributed by atoms with van der Waals surface area (Å²) >= 11 is 0. The fourth-order valence-corrected chi connectivity index (χ4v) is 4.11. The normalized spacial score (nSPS) is 14.7. The highest BCUT2D eigenvalue weighted by molar-refractivity contribution is 7.90. The second-order valence-corrected chi connectivity index (χ2v) is 8.91. The smallest absolute Gasteiger partial charge is 0.175 e. The van der Waals surface area contributed by atoms with Gasteiger partial charge in [0, 0.05) is 43.4 Å². The molecular formula is C21H21N3O2S. The Bertz CT molecular complexity index is 1050. The summed E-state index contributed by atoms with van der Waals surface area (Å²) < 4.78 is 23.4. The van der Waals surface area contributed by atoms with E-state index in [9.17, 15) is 8.42 Å². The van der Waals surface area contributed by atoms with Crippen molar-refractivity contribution >= 4 is 9.84 Å². The van der Waals surface area contributed by atoms with E-state index in [0.717, 1.165) is 48.6 Å². The standard InChI is InChI=1S/C21H21N3O2S/c1-27(25,26)18-9-7-17(8-10-18)21-19-14-24(12-11-20(19)22-15-23-21)13-16-5-3-2-4-6-16/h2-10,15H,11-14H2,1H3. The molecule has 1 aromatic heterocycles. The molecule has 4 rings (SSSR count). The number of nitrogens with zero attached hydrogens (tertiary/aromatic N) is 3. The van der Waals surface area contributed by atoms with Gasteiger partial charge >= 0.3 is 0 Å². The highest BCUT2D eigenvalue weighted by Crippen LogP contribution is 2.28. The zero-order valence-corrected chi connectivity index (χ0v) is 16.0. The maximum absolute atomic E-state index is 11.7. The van der Waals surface area contributed by atoms with Crippen molar-refractivity contribution in [3.8, 4) is 11.3 Å². The second kappa shape index (κ2) is 7.21. The van der Waals surface area contributed by atoms with Gasteiger partial charge in [-0.1, -0.05) is 42.5 Å². The van der Waals surface area contributed by atoms with Gasteiger partial charge in [-0.05, 0) is 17.7 Å². The molecule has 3 aromatic rings. The molecular weight excluding hydrogens is 358 g/mol. The Balaban J connectivity index is 1.63. The molecule has 27 heavy (non-hydrogen) atoms. The Morgan fingerprint density at radius 2 is 1.74 bits per heavy atom. The van der Waals surface area contributed by atoms with Crippen molar-refractivity contribution in [2.24, 2.45) is 0 Å². The number of aromatic nitrogens is 2. The van der Waals surface area contributed by atoms with Crippen LogP contribution >= 0.6 is 0 Å². The van der Waals surface area contributed by atoms with Crippen LogP contribution in [0.2, 0.25) is 0 Å². The van der Waals surface area contributed by atoms with Crippen LogP contribution in [0.3, 0.4) is 0 Å². The third kappa shape index (κ3) is 3.91. The molecule has 0 fully saturated rings. The van der Waals surface area contributed by atoms with Crippen molar-refractivity contribution in [3.05, 3.63) is 77.7 Å². The van der Waals surface area contributed by atoms with E-state index in [-0.39, 0.29) is 0 Å². The number of rotatable bonds is 4. The van der Waals surface area contributed by atoms with E-state index in [0.29, 0.717) is 4.90 Å². The monoisotopic (exact) mass is 379 g/mol. The van der Waals surface area contributed by atoms with Crippen molar-refractivity contribution < 1.29 is 8.42 Å². The van der Waals surface area contributed by atoms with E-state index in [1.54, 1.807) is 18.5 Å². The summed E-state index contributed by atoms with van der Waals surface area (Å²) in [6, 6.07) is 17.4. The molecule has 0 aliphatic carbocycles. The average Bonchev–Trinajstić information content (AvgIpc) is 2.68. The van der Waals surface area contributed by atoms with Crippen LogP contribution in [0, 0.1) is 0 Å². The summed E-state index contributed by atoms with van der Waals surface area (Å²) in [4.78, 5) is 11.7.